The molecule has 0 radical (unpaired) electrons. The number of morpholine rings is 1. The number of ether oxygens (including phenoxy) is 1. The quantitative estimate of drug-likeness (QED) is 0.604. The third-order valence-corrected chi connectivity index (χ3v) is 4.63. The van der Waals surface area contributed by atoms with E-state index in [1.165, 1.54) is 23.1 Å². The largest absolute Gasteiger partial charge is 0.378 e. The van der Waals surface area contributed by atoms with Crippen molar-refractivity contribution >= 4 is 34.0 Å². The van der Waals surface area contributed by atoms with Crippen LogP contribution in [0.3, 0.4) is 0 Å². The van der Waals surface area contributed by atoms with Crippen molar-refractivity contribution in [2.45, 2.75) is 11.3 Å². The van der Waals surface area contributed by atoms with Crippen LogP contribution in [0.5, 0.6) is 0 Å². The number of anilines is 1. The summed E-state index contributed by atoms with van der Waals surface area (Å²) in [4.78, 5) is 13.9. The van der Waals surface area contributed by atoms with E-state index < -0.39 is 0 Å². The van der Waals surface area contributed by atoms with Gasteiger partial charge in [0.2, 0.25) is 5.13 Å². The summed E-state index contributed by atoms with van der Waals surface area (Å²) in [7, 11) is 0. The molecule has 1 aliphatic heterocycles. The number of carbonyl (C=O) groups is 1. The second kappa shape index (κ2) is 8.23. The smallest absolute Gasteiger partial charge is 0.206 e. The van der Waals surface area contributed by atoms with Gasteiger partial charge in [0.1, 0.15) is 0 Å². The molecule has 20 heavy (non-hydrogen) atoms. The van der Waals surface area contributed by atoms with Gasteiger partial charge in [-0.25, -0.2) is 0 Å². The van der Waals surface area contributed by atoms with E-state index in [2.05, 4.69) is 20.4 Å². The molecule has 0 atom stereocenters. The van der Waals surface area contributed by atoms with Crippen molar-refractivity contribution in [2.75, 3.05) is 43.9 Å². The van der Waals surface area contributed by atoms with Crippen molar-refractivity contribution in [1.29, 1.82) is 0 Å². The standard InChI is InChI=1S/C12H18N4O2S2/c1-2-13-11-14-15-12(20-11)19-9-10(17)3-4-16-5-7-18-8-6-16/h3-4H,2,5-9H2,1H3,(H,13,14)/b4-3+. The Balaban J connectivity index is 1.72. The van der Waals surface area contributed by atoms with Gasteiger partial charge in [-0.1, -0.05) is 23.1 Å². The number of aromatic nitrogens is 2. The maximum atomic E-state index is 11.8. The van der Waals surface area contributed by atoms with Gasteiger partial charge in [-0.15, -0.1) is 10.2 Å². The number of nitrogens with zero attached hydrogens (tertiary/aromatic N) is 3. The highest BCUT2D eigenvalue weighted by Crippen LogP contribution is 2.25. The van der Waals surface area contributed by atoms with Gasteiger partial charge in [0, 0.05) is 25.8 Å². The SMILES string of the molecule is CCNc1nnc(SCC(=O)/C=C/N2CCOCC2)s1. The minimum Gasteiger partial charge on any atom is -0.378 e. The Morgan fingerprint density at radius 2 is 2.30 bits per heavy atom. The summed E-state index contributed by atoms with van der Waals surface area (Å²) in [5.74, 6) is 0.475. The lowest BCUT2D eigenvalue weighted by Gasteiger charge is -2.24. The van der Waals surface area contributed by atoms with Crippen LogP contribution in [0.15, 0.2) is 16.6 Å². The molecule has 0 aromatic carbocycles. The first kappa shape index (κ1) is 15.3. The van der Waals surface area contributed by atoms with Crippen molar-refractivity contribution in [2.24, 2.45) is 0 Å². The normalized spacial score (nSPS) is 15.8. The average Bonchev–Trinajstić information content (AvgIpc) is 2.92. The molecule has 1 aliphatic rings. The van der Waals surface area contributed by atoms with Gasteiger partial charge in [0.05, 0.1) is 19.0 Å². The van der Waals surface area contributed by atoms with Gasteiger partial charge < -0.3 is 15.0 Å². The molecule has 1 aromatic heterocycles. The molecule has 0 amide bonds. The molecule has 2 heterocycles. The minimum atomic E-state index is 0.0849. The second-order valence-corrected chi connectivity index (χ2v) is 6.32. The highest BCUT2D eigenvalue weighted by Gasteiger charge is 2.08. The summed E-state index contributed by atoms with van der Waals surface area (Å²) in [6.07, 6.45) is 3.49. The molecule has 6 nitrogen and oxygen atoms in total. The Bertz CT molecular complexity index is 458. The van der Waals surface area contributed by atoms with E-state index in [4.69, 9.17) is 4.74 Å². The van der Waals surface area contributed by atoms with Crippen molar-refractivity contribution in [3.63, 3.8) is 0 Å². The van der Waals surface area contributed by atoms with Crippen LogP contribution in [0.25, 0.3) is 0 Å². The fraction of sp³-hybridized carbons (Fsp3) is 0.583. The first-order chi connectivity index (χ1) is 9.78. The highest BCUT2D eigenvalue weighted by molar-refractivity contribution is 8.01. The molecular weight excluding hydrogens is 296 g/mol. The van der Waals surface area contributed by atoms with Crippen LogP contribution >= 0.6 is 23.1 Å². The molecule has 1 fully saturated rings. The van der Waals surface area contributed by atoms with Crippen LogP contribution in [0.4, 0.5) is 5.13 Å². The van der Waals surface area contributed by atoms with Gasteiger partial charge in [0.15, 0.2) is 10.1 Å². The molecule has 0 saturated carbocycles. The van der Waals surface area contributed by atoms with Crippen LogP contribution in [0, 0.1) is 0 Å². The number of nitrogens with one attached hydrogen (secondary N) is 1. The molecule has 1 saturated heterocycles. The van der Waals surface area contributed by atoms with E-state index in [0.29, 0.717) is 5.75 Å². The molecular formula is C12H18N4O2S2. The summed E-state index contributed by atoms with van der Waals surface area (Å²) in [6, 6.07) is 0. The minimum absolute atomic E-state index is 0.0849. The van der Waals surface area contributed by atoms with Gasteiger partial charge in [-0.3, -0.25) is 4.79 Å². The summed E-state index contributed by atoms with van der Waals surface area (Å²) >= 11 is 2.89. The maximum Gasteiger partial charge on any atom is 0.206 e. The van der Waals surface area contributed by atoms with Crippen molar-refractivity contribution in [1.82, 2.24) is 15.1 Å². The molecule has 0 bridgehead atoms. The molecule has 110 valence electrons. The number of ketones is 1. The third kappa shape index (κ3) is 5.10. The van der Waals surface area contributed by atoms with Crippen LogP contribution in [-0.2, 0) is 9.53 Å². The lowest BCUT2D eigenvalue weighted by molar-refractivity contribution is -0.112. The summed E-state index contributed by atoms with van der Waals surface area (Å²) in [5, 5.41) is 11.9. The topological polar surface area (TPSA) is 67.4 Å². The molecule has 0 spiro atoms. The first-order valence-electron chi connectivity index (χ1n) is 6.51. The second-order valence-electron chi connectivity index (χ2n) is 4.12. The van der Waals surface area contributed by atoms with Gasteiger partial charge in [-0.05, 0) is 13.0 Å². The van der Waals surface area contributed by atoms with Crippen molar-refractivity contribution in [3.8, 4) is 0 Å². The number of hydrogen-bond acceptors (Lipinski definition) is 8. The summed E-state index contributed by atoms with van der Waals surface area (Å²) in [5.41, 5.74) is 0. The van der Waals surface area contributed by atoms with Crippen LogP contribution in [-0.4, -0.2) is 59.5 Å². The molecule has 1 aromatic rings. The Hall–Kier alpha value is -1.12. The zero-order valence-electron chi connectivity index (χ0n) is 11.4. The Morgan fingerprint density at radius 3 is 3.05 bits per heavy atom. The predicted molar refractivity (Wildman–Crippen MR) is 81.3 cm³/mol. The Morgan fingerprint density at radius 1 is 1.50 bits per heavy atom. The molecule has 2 rings (SSSR count). The number of hydrogen-bond donors (Lipinski definition) is 1. The summed E-state index contributed by atoms with van der Waals surface area (Å²) in [6.45, 7) is 5.98. The van der Waals surface area contributed by atoms with Gasteiger partial charge in [0.25, 0.3) is 0 Å². The van der Waals surface area contributed by atoms with E-state index in [-0.39, 0.29) is 5.78 Å². The zero-order valence-corrected chi connectivity index (χ0v) is 13.0. The van der Waals surface area contributed by atoms with Crippen molar-refractivity contribution in [3.05, 3.63) is 12.3 Å². The number of rotatable bonds is 7. The Labute approximate surface area is 126 Å². The third-order valence-electron chi connectivity index (χ3n) is 2.59. The van der Waals surface area contributed by atoms with Gasteiger partial charge >= 0.3 is 0 Å². The number of thioether (sulfide) groups is 1. The van der Waals surface area contributed by atoms with Crippen LogP contribution < -0.4 is 5.32 Å². The lowest BCUT2D eigenvalue weighted by Crippen LogP contribution is -2.32. The number of carbonyl (C=O) groups excluding carboxylic acids is 1. The predicted octanol–water partition coefficient (Wildman–Crippen LogP) is 1.48. The van der Waals surface area contributed by atoms with E-state index in [1.54, 1.807) is 6.08 Å². The first-order valence-corrected chi connectivity index (χ1v) is 8.31. The van der Waals surface area contributed by atoms with Crippen molar-refractivity contribution < 1.29 is 9.53 Å². The van der Waals surface area contributed by atoms with E-state index in [9.17, 15) is 4.79 Å². The fourth-order valence-corrected chi connectivity index (χ4v) is 3.24. The summed E-state index contributed by atoms with van der Waals surface area (Å²) < 4.78 is 6.06. The number of allylic oxidation sites excluding steroid dienone is 1. The average molecular weight is 314 g/mol. The Kier molecular flexibility index (Phi) is 6.28. The van der Waals surface area contributed by atoms with Crippen LogP contribution in [0.2, 0.25) is 0 Å². The molecule has 8 heteroatoms. The molecule has 0 aliphatic carbocycles. The van der Waals surface area contributed by atoms with Crippen LogP contribution in [0.1, 0.15) is 6.92 Å². The lowest BCUT2D eigenvalue weighted by atomic mass is 10.4. The molecule has 1 N–H and O–H groups in total. The van der Waals surface area contributed by atoms with E-state index in [0.717, 1.165) is 42.3 Å². The highest BCUT2D eigenvalue weighted by atomic mass is 32.2. The maximum absolute atomic E-state index is 11.8. The fourth-order valence-electron chi connectivity index (χ4n) is 1.59. The van der Waals surface area contributed by atoms with Gasteiger partial charge in [-0.2, -0.15) is 0 Å². The monoisotopic (exact) mass is 314 g/mol. The molecule has 0 unspecified atom stereocenters. The van der Waals surface area contributed by atoms with E-state index in [1.807, 2.05) is 13.1 Å². The van der Waals surface area contributed by atoms with E-state index >= 15 is 0 Å². The zero-order chi connectivity index (χ0) is 14.2.